The van der Waals surface area contributed by atoms with Gasteiger partial charge in [0.05, 0.1) is 6.61 Å². The predicted molar refractivity (Wildman–Crippen MR) is 69.1 cm³/mol. The van der Waals surface area contributed by atoms with E-state index in [0.717, 1.165) is 6.42 Å². The first-order valence-electron chi connectivity index (χ1n) is 6.31. The molecule has 1 fully saturated rings. The van der Waals surface area contributed by atoms with Gasteiger partial charge in [0.25, 0.3) is 0 Å². The lowest BCUT2D eigenvalue weighted by Crippen LogP contribution is -2.51. The highest BCUT2D eigenvalue weighted by Gasteiger charge is 2.34. The van der Waals surface area contributed by atoms with Crippen LogP contribution in [-0.4, -0.2) is 57.3 Å². The lowest BCUT2D eigenvalue weighted by molar-refractivity contribution is -0.143. The van der Waals surface area contributed by atoms with E-state index in [1.54, 1.807) is 23.4 Å². The summed E-state index contributed by atoms with van der Waals surface area (Å²) in [7, 11) is 0. The maximum atomic E-state index is 12.1. The van der Waals surface area contributed by atoms with Crippen LogP contribution >= 0.6 is 0 Å². The molecule has 1 aromatic heterocycles. The Balaban J connectivity index is 2.07. The maximum absolute atomic E-state index is 12.1. The molecule has 1 aliphatic rings. The molecular formula is C12H16N4O4. The molecule has 20 heavy (non-hydrogen) atoms. The number of amides is 1. The Morgan fingerprint density at radius 3 is 2.75 bits per heavy atom. The molecule has 8 nitrogen and oxygen atoms in total. The molecule has 0 aromatic carbocycles. The molecule has 0 saturated carbocycles. The maximum Gasteiger partial charge on any atom is 0.328 e. The number of aromatic nitrogens is 2. The highest BCUT2D eigenvalue weighted by atomic mass is 16.4. The van der Waals surface area contributed by atoms with E-state index >= 15 is 0 Å². The highest BCUT2D eigenvalue weighted by molar-refractivity contribution is 5.89. The molecule has 0 spiro atoms. The second-order valence-electron chi connectivity index (χ2n) is 4.48. The molecule has 1 aliphatic heterocycles. The van der Waals surface area contributed by atoms with Crippen LogP contribution in [0.5, 0.6) is 0 Å². The van der Waals surface area contributed by atoms with Crippen LogP contribution in [0.25, 0.3) is 0 Å². The van der Waals surface area contributed by atoms with E-state index in [9.17, 15) is 9.59 Å². The molecule has 0 aliphatic carbocycles. The SMILES string of the molecule is O=C(N[C@H](CO)C(=O)O)C1CCCN1c1ncccn1. The third-order valence-corrected chi connectivity index (χ3v) is 3.16. The largest absolute Gasteiger partial charge is 0.480 e. The minimum atomic E-state index is -1.29. The molecule has 2 heterocycles. The Morgan fingerprint density at radius 2 is 2.15 bits per heavy atom. The van der Waals surface area contributed by atoms with Crippen LogP contribution in [0.4, 0.5) is 5.95 Å². The van der Waals surface area contributed by atoms with Gasteiger partial charge in [0.1, 0.15) is 12.1 Å². The average molecular weight is 280 g/mol. The Hall–Kier alpha value is -2.22. The molecule has 3 N–H and O–H groups in total. The van der Waals surface area contributed by atoms with Gasteiger partial charge in [-0.15, -0.1) is 0 Å². The van der Waals surface area contributed by atoms with Crippen LogP contribution in [0, 0.1) is 0 Å². The van der Waals surface area contributed by atoms with Gasteiger partial charge in [-0.05, 0) is 18.9 Å². The minimum Gasteiger partial charge on any atom is -0.480 e. The molecule has 108 valence electrons. The fourth-order valence-electron chi connectivity index (χ4n) is 2.17. The third kappa shape index (κ3) is 3.02. The van der Waals surface area contributed by atoms with Crippen molar-refractivity contribution >= 4 is 17.8 Å². The van der Waals surface area contributed by atoms with Crippen LogP contribution in [0.1, 0.15) is 12.8 Å². The van der Waals surface area contributed by atoms with Crippen LogP contribution in [0.2, 0.25) is 0 Å². The van der Waals surface area contributed by atoms with Crippen LogP contribution in [0.3, 0.4) is 0 Å². The van der Waals surface area contributed by atoms with Crippen molar-refractivity contribution < 1.29 is 19.8 Å². The highest BCUT2D eigenvalue weighted by Crippen LogP contribution is 2.21. The van der Waals surface area contributed by atoms with Crippen molar-refractivity contribution in [2.24, 2.45) is 0 Å². The first kappa shape index (κ1) is 14.2. The summed E-state index contributed by atoms with van der Waals surface area (Å²) in [6, 6.07) is -0.117. The topological polar surface area (TPSA) is 116 Å². The van der Waals surface area contributed by atoms with E-state index < -0.39 is 30.6 Å². The summed E-state index contributed by atoms with van der Waals surface area (Å²) in [5, 5.41) is 20.1. The van der Waals surface area contributed by atoms with Crippen molar-refractivity contribution in [1.29, 1.82) is 0 Å². The van der Waals surface area contributed by atoms with Crippen LogP contribution < -0.4 is 10.2 Å². The normalized spacial score (nSPS) is 19.6. The molecule has 2 atom stereocenters. The summed E-state index contributed by atoms with van der Waals surface area (Å²) < 4.78 is 0. The smallest absolute Gasteiger partial charge is 0.328 e. The molecule has 1 saturated heterocycles. The Labute approximate surface area is 115 Å². The number of nitrogens with one attached hydrogen (secondary N) is 1. The summed E-state index contributed by atoms with van der Waals surface area (Å²) in [5.41, 5.74) is 0. The van der Waals surface area contributed by atoms with Crippen LogP contribution in [0.15, 0.2) is 18.5 Å². The van der Waals surface area contributed by atoms with Crippen LogP contribution in [-0.2, 0) is 9.59 Å². The van der Waals surface area contributed by atoms with E-state index in [0.29, 0.717) is 18.9 Å². The Kier molecular flexibility index (Phi) is 4.46. The van der Waals surface area contributed by atoms with Crippen molar-refractivity contribution in [2.75, 3.05) is 18.1 Å². The van der Waals surface area contributed by atoms with E-state index in [2.05, 4.69) is 15.3 Å². The van der Waals surface area contributed by atoms with Gasteiger partial charge in [-0.25, -0.2) is 14.8 Å². The number of aliphatic hydroxyl groups excluding tert-OH is 1. The Morgan fingerprint density at radius 1 is 1.45 bits per heavy atom. The number of carboxylic acids is 1. The van der Waals surface area contributed by atoms with Gasteiger partial charge in [-0.3, -0.25) is 4.79 Å². The number of rotatable bonds is 5. The number of nitrogens with zero attached hydrogens (tertiary/aromatic N) is 3. The number of aliphatic hydroxyl groups is 1. The first-order chi connectivity index (χ1) is 9.63. The zero-order chi connectivity index (χ0) is 14.5. The second-order valence-corrected chi connectivity index (χ2v) is 4.48. The van der Waals surface area contributed by atoms with Gasteiger partial charge < -0.3 is 20.4 Å². The van der Waals surface area contributed by atoms with Gasteiger partial charge in [0.15, 0.2) is 0 Å². The molecule has 8 heteroatoms. The monoisotopic (exact) mass is 280 g/mol. The molecule has 1 amide bonds. The second kappa shape index (κ2) is 6.29. The average Bonchev–Trinajstić information content (AvgIpc) is 2.94. The fourth-order valence-corrected chi connectivity index (χ4v) is 2.17. The summed E-state index contributed by atoms with van der Waals surface area (Å²) >= 11 is 0. The zero-order valence-corrected chi connectivity index (χ0v) is 10.8. The molecule has 1 aromatic rings. The van der Waals surface area contributed by atoms with Gasteiger partial charge in [0.2, 0.25) is 11.9 Å². The van der Waals surface area contributed by atoms with Crippen molar-refractivity contribution in [1.82, 2.24) is 15.3 Å². The standard InChI is InChI=1S/C12H16N4O4/c17-7-8(11(19)20)15-10(18)9-3-1-6-16(9)12-13-4-2-5-14-12/h2,4-5,8-9,17H,1,3,6-7H2,(H,15,18)(H,19,20)/t8-,9?/m1/s1. The number of aliphatic carboxylic acids is 1. The van der Waals surface area contributed by atoms with Gasteiger partial charge >= 0.3 is 5.97 Å². The quantitative estimate of drug-likeness (QED) is 0.634. The summed E-state index contributed by atoms with van der Waals surface area (Å²) in [4.78, 5) is 32.9. The van der Waals surface area contributed by atoms with E-state index in [-0.39, 0.29) is 0 Å². The summed E-state index contributed by atoms with van der Waals surface area (Å²) in [6.07, 6.45) is 4.57. The van der Waals surface area contributed by atoms with Crippen molar-refractivity contribution in [3.63, 3.8) is 0 Å². The number of carbonyl (C=O) groups excluding carboxylic acids is 1. The van der Waals surface area contributed by atoms with Gasteiger partial charge in [-0.2, -0.15) is 0 Å². The molecule has 0 radical (unpaired) electrons. The van der Waals surface area contributed by atoms with E-state index in [1.165, 1.54) is 0 Å². The van der Waals surface area contributed by atoms with Crippen molar-refractivity contribution in [2.45, 2.75) is 24.9 Å². The van der Waals surface area contributed by atoms with E-state index in [4.69, 9.17) is 10.2 Å². The predicted octanol–water partition coefficient (Wildman–Crippen LogP) is -0.993. The van der Waals surface area contributed by atoms with Crippen molar-refractivity contribution in [3.05, 3.63) is 18.5 Å². The number of hydrogen-bond donors (Lipinski definition) is 3. The van der Waals surface area contributed by atoms with E-state index in [1.807, 2.05) is 0 Å². The fraction of sp³-hybridized carbons (Fsp3) is 0.500. The molecule has 1 unspecified atom stereocenters. The summed E-state index contributed by atoms with van der Waals surface area (Å²) in [5.74, 6) is -1.25. The van der Waals surface area contributed by atoms with Crippen molar-refractivity contribution in [3.8, 4) is 0 Å². The van der Waals surface area contributed by atoms with Gasteiger partial charge in [0, 0.05) is 18.9 Å². The Bertz CT molecular complexity index is 482. The molecule has 0 bridgehead atoms. The molecular weight excluding hydrogens is 264 g/mol. The number of anilines is 1. The third-order valence-electron chi connectivity index (χ3n) is 3.16. The number of carbonyl (C=O) groups is 2. The lowest BCUT2D eigenvalue weighted by Gasteiger charge is -2.24. The number of hydrogen-bond acceptors (Lipinski definition) is 6. The molecule has 2 rings (SSSR count). The first-order valence-corrected chi connectivity index (χ1v) is 6.31. The lowest BCUT2D eigenvalue weighted by atomic mass is 10.2. The van der Waals surface area contributed by atoms with Gasteiger partial charge in [-0.1, -0.05) is 0 Å². The zero-order valence-electron chi connectivity index (χ0n) is 10.8. The summed E-state index contributed by atoms with van der Waals surface area (Å²) in [6.45, 7) is -0.00536. The number of carboxylic acid groups (broad SMARTS) is 1. The minimum absolute atomic E-state index is 0.434.